The molecule has 0 bridgehead atoms. The third-order valence-electron chi connectivity index (χ3n) is 2.69. The van der Waals surface area contributed by atoms with Crippen LogP contribution in [0, 0.1) is 0 Å². The van der Waals surface area contributed by atoms with Crippen LogP contribution in [0.3, 0.4) is 0 Å². The molecule has 102 valence electrons. The average molecular weight is 327 g/mol. The maximum absolute atomic E-state index is 11.8. The van der Waals surface area contributed by atoms with Gasteiger partial charge in [-0.3, -0.25) is 14.8 Å². The molecule has 0 spiro atoms. The van der Waals surface area contributed by atoms with Gasteiger partial charge in [0, 0.05) is 29.9 Å². The molecule has 0 saturated heterocycles. The number of hydrogen-bond donors (Lipinski definition) is 1. The lowest BCUT2D eigenvalue weighted by atomic mass is 10.3. The minimum atomic E-state index is -0.181. The molecule has 0 saturated carbocycles. The molecule has 3 aromatic heterocycles. The number of H-pyrrole nitrogens is 1. The number of halogens is 2. The van der Waals surface area contributed by atoms with Gasteiger partial charge in [0.05, 0.1) is 10.0 Å². The SMILES string of the molecule is O=c1[nH]c(SCc2c(Cl)cncc2Cl)nn2cccc12. The van der Waals surface area contributed by atoms with Gasteiger partial charge in [0.25, 0.3) is 5.56 Å². The molecule has 8 heteroatoms. The van der Waals surface area contributed by atoms with Gasteiger partial charge in [0.15, 0.2) is 5.16 Å². The smallest absolute Gasteiger partial charge is 0.275 e. The molecule has 0 unspecified atom stereocenters. The number of pyridine rings is 1. The maximum atomic E-state index is 11.8. The summed E-state index contributed by atoms with van der Waals surface area (Å²) in [5, 5.41) is 5.78. The van der Waals surface area contributed by atoms with Crippen molar-refractivity contribution in [2.75, 3.05) is 0 Å². The molecule has 0 atom stereocenters. The first-order valence-corrected chi connectivity index (χ1v) is 7.37. The third kappa shape index (κ3) is 2.54. The molecular formula is C12H8Cl2N4OS. The molecule has 3 aromatic rings. The predicted molar refractivity (Wildman–Crippen MR) is 79.6 cm³/mol. The number of aromatic nitrogens is 4. The van der Waals surface area contributed by atoms with Crippen molar-refractivity contribution in [3.05, 3.63) is 56.7 Å². The quantitative estimate of drug-likeness (QED) is 0.751. The minimum absolute atomic E-state index is 0.181. The van der Waals surface area contributed by atoms with Crippen molar-refractivity contribution in [1.29, 1.82) is 0 Å². The lowest BCUT2D eigenvalue weighted by molar-refractivity contribution is 0.783. The van der Waals surface area contributed by atoms with Crippen LogP contribution < -0.4 is 5.56 Å². The Labute approximate surface area is 127 Å². The van der Waals surface area contributed by atoms with E-state index in [4.69, 9.17) is 23.2 Å². The molecule has 0 aliphatic rings. The Hall–Kier alpha value is -1.50. The van der Waals surface area contributed by atoms with Crippen LogP contribution in [0.5, 0.6) is 0 Å². The molecule has 3 rings (SSSR count). The molecular weight excluding hydrogens is 319 g/mol. The van der Waals surface area contributed by atoms with Crippen LogP contribution in [0.25, 0.3) is 5.52 Å². The molecule has 0 aliphatic heterocycles. The van der Waals surface area contributed by atoms with Crippen LogP contribution in [0.2, 0.25) is 10.0 Å². The largest absolute Gasteiger partial charge is 0.298 e. The van der Waals surface area contributed by atoms with E-state index in [0.29, 0.717) is 26.5 Å². The van der Waals surface area contributed by atoms with Crippen LogP contribution in [0.15, 0.2) is 40.7 Å². The lowest BCUT2D eigenvalue weighted by Gasteiger charge is -2.05. The Balaban J connectivity index is 1.88. The van der Waals surface area contributed by atoms with E-state index >= 15 is 0 Å². The third-order valence-corrected chi connectivity index (χ3v) is 4.23. The van der Waals surface area contributed by atoms with Crippen molar-refractivity contribution >= 4 is 40.5 Å². The van der Waals surface area contributed by atoms with Gasteiger partial charge in [-0.05, 0) is 12.1 Å². The summed E-state index contributed by atoms with van der Waals surface area (Å²) >= 11 is 13.4. The summed E-state index contributed by atoms with van der Waals surface area (Å²) in [6.45, 7) is 0. The monoisotopic (exact) mass is 326 g/mol. The first-order chi connectivity index (χ1) is 9.65. The number of hydrogen-bond acceptors (Lipinski definition) is 4. The van der Waals surface area contributed by atoms with Gasteiger partial charge in [0.1, 0.15) is 5.52 Å². The second-order valence-corrected chi connectivity index (χ2v) is 5.75. The van der Waals surface area contributed by atoms with Crippen LogP contribution in [-0.2, 0) is 5.75 Å². The van der Waals surface area contributed by atoms with Gasteiger partial charge < -0.3 is 0 Å². The average Bonchev–Trinajstić information content (AvgIpc) is 2.87. The van der Waals surface area contributed by atoms with Gasteiger partial charge in [-0.2, -0.15) is 0 Å². The summed E-state index contributed by atoms with van der Waals surface area (Å²) in [5.74, 6) is 0.496. The van der Waals surface area contributed by atoms with Gasteiger partial charge in [-0.25, -0.2) is 4.52 Å². The number of fused-ring (bicyclic) bond motifs is 1. The molecule has 0 amide bonds. The van der Waals surface area contributed by atoms with Crippen LogP contribution in [0.1, 0.15) is 5.56 Å². The van der Waals surface area contributed by atoms with Crippen molar-refractivity contribution in [1.82, 2.24) is 19.6 Å². The zero-order valence-corrected chi connectivity index (χ0v) is 12.3. The van der Waals surface area contributed by atoms with Crippen LogP contribution >= 0.6 is 35.0 Å². The molecule has 20 heavy (non-hydrogen) atoms. The number of nitrogens with one attached hydrogen (secondary N) is 1. The van der Waals surface area contributed by atoms with Crippen molar-refractivity contribution in [2.45, 2.75) is 10.9 Å². The fraction of sp³-hybridized carbons (Fsp3) is 0.0833. The van der Waals surface area contributed by atoms with Crippen molar-refractivity contribution in [3.63, 3.8) is 0 Å². The highest BCUT2D eigenvalue weighted by Gasteiger charge is 2.09. The lowest BCUT2D eigenvalue weighted by Crippen LogP contribution is -2.12. The number of aromatic amines is 1. The summed E-state index contributed by atoms with van der Waals surface area (Å²) < 4.78 is 1.54. The summed E-state index contributed by atoms with van der Waals surface area (Å²) in [6, 6.07) is 3.47. The van der Waals surface area contributed by atoms with E-state index in [-0.39, 0.29) is 5.56 Å². The van der Waals surface area contributed by atoms with E-state index in [1.165, 1.54) is 28.7 Å². The molecule has 0 aliphatic carbocycles. The molecule has 3 heterocycles. The highest BCUT2D eigenvalue weighted by atomic mass is 35.5. The highest BCUT2D eigenvalue weighted by molar-refractivity contribution is 7.98. The molecule has 1 N–H and O–H groups in total. The fourth-order valence-corrected chi connectivity index (χ4v) is 3.26. The number of rotatable bonds is 3. The Morgan fingerprint density at radius 2 is 2.05 bits per heavy atom. The van der Waals surface area contributed by atoms with Crippen LogP contribution in [-0.4, -0.2) is 19.6 Å². The van der Waals surface area contributed by atoms with Crippen molar-refractivity contribution < 1.29 is 0 Å². The summed E-state index contributed by atoms with van der Waals surface area (Å²) in [4.78, 5) is 18.4. The Bertz CT molecular complexity index is 809. The van der Waals surface area contributed by atoms with Crippen molar-refractivity contribution in [3.8, 4) is 0 Å². The molecule has 0 fully saturated rings. The topological polar surface area (TPSA) is 63.0 Å². The van der Waals surface area contributed by atoms with E-state index in [1.807, 2.05) is 0 Å². The first kappa shape index (κ1) is 13.5. The van der Waals surface area contributed by atoms with Gasteiger partial charge in [0.2, 0.25) is 0 Å². The summed E-state index contributed by atoms with van der Waals surface area (Å²) in [5.41, 5.74) is 1.09. The van der Waals surface area contributed by atoms with E-state index in [9.17, 15) is 4.79 Å². The zero-order valence-electron chi connectivity index (χ0n) is 10.0. The number of thioether (sulfide) groups is 1. The standard InChI is InChI=1S/C12H8Cl2N4OS/c13-8-4-15-5-9(14)7(8)6-20-12-16-11(19)10-2-1-3-18(10)17-12/h1-5H,6H2,(H,16,17,19). The second-order valence-electron chi connectivity index (χ2n) is 3.97. The Kier molecular flexibility index (Phi) is 3.69. The minimum Gasteiger partial charge on any atom is -0.298 e. The molecule has 0 radical (unpaired) electrons. The van der Waals surface area contributed by atoms with Gasteiger partial charge >= 0.3 is 0 Å². The maximum Gasteiger partial charge on any atom is 0.275 e. The fourth-order valence-electron chi connectivity index (χ4n) is 1.70. The highest BCUT2D eigenvalue weighted by Crippen LogP contribution is 2.28. The van der Waals surface area contributed by atoms with E-state index in [1.54, 1.807) is 18.3 Å². The van der Waals surface area contributed by atoms with Crippen molar-refractivity contribution in [2.24, 2.45) is 0 Å². The Morgan fingerprint density at radius 1 is 1.30 bits per heavy atom. The first-order valence-electron chi connectivity index (χ1n) is 5.63. The number of nitrogens with zero attached hydrogens (tertiary/aromatic N) is 3. The second kappa shape index (κ2) is 5.47. The summed E-state index contributed by atoms with van der Waals surface area (Å²) in [7, 11) is 0. The normalized spacial score (nSPS) is 11.1. The van der Waals surface area contributed by atoms with E-state index in [0.717, 1.165) is 5.56 Å². The van der Waals surface area contributed by atoms with Crippen LogP contribution in [0.4, 0.5) is 0 Å². The van der Waals surface area contributed by atoms with E-state index in [2.05, 4.69) is 15.1 Å². The predicted octanol–water partition coefficient (Wildman–Crippen LogP) is 3.02. The Morgan fingerprint density at radius 3 is 2.80 bits per heavy atom. The summed E-state index contributed by atoms with van der Waals surface area (Å²) in [6.07, 6.45) is 4.80. The van der Waals surface area contributed by atoms with Gasteiger partial charge in [-0.1, -0.05) is 35.0 Å². The van der Waals surface area contributed by atoms with E-state index < -0.39 is 0 Å². The molecule has 0 aromatic carbocycles. The zero-order chi connectivity index (χ0) is 14.1. The van der Waals surface area contributed by atoms with Gasteiger partial charge in [-0.15, -0.1) is 5.10 Å². The molecule has 5 nitrogen and oxygen atoms in total.